The molecule has 0 aliphatic carbocycles. The van der Waals surface area contributed by atoms with E-state index in [9.17, 15) is 4.79 Å². The molecule has 17 heavy (non-hydrogen) atoms. The molecule has 94 valence electrons. The Bertz CT molecular complexity index is 383. The van der Waals surface area contributed by atoms with E-state index in [1.165, 1.54) is 5.56 Å². The smallest absolute Gasteiger partial charge is 0.257 e. The largest absolute Gasteiger partial charge is 0.483 e. The van der Waals surface area contributed by atoms with Gasteiger partial charge in [0.05, 0.1) is 4.47 Å². The molecule has 0 bridgehead atoms. The van der Waals surface area contributed by atoms with Gasteiger partial charge in [0.15, 0.2) is 6.61 Å². The predicted molar refractivity (Wildman–Crippen MR) is 71.1 cm³/mol. The van der Waals surface area contributed by atoms with Crippen molar-refractivity contribution in [3.63, 3.8) is 0 Å². The predicted octanol–water partition coefficient (Wildman–Crippen LogP) is 1.68. The lowest BCUT2D eigenvalue weighted by atomic mass is 10.2. The molecule has 0 heterocycles. The SMILES string of the molecule is CCNCc1ccc(OCC(=O)NC)c(Br)c1. The van der Waals surface area contributed by atoms with Gasteiger partial charge in [0.2, 0.25) is 0 Å². The highest BCUT2D eigenvalue weighted by Gasteiger charge is 2.05. The van der Waals surface area contributed by atoms with E-state index >= 15 is 0 Å². The molecule has 0 radical (unpaired) electrons. The van der Waals surface area contributed by atoms with Crippen LogP contribution in [-0.4, -0.2) is 26.1 Å². The fraction of sp³-hybridized carbons (Fsp3) is 0.417. The van der Waals surface area contributed by atoms with Gasteiger partial charge in [-0.1, -0.05) is 13.0 Å². The van der Waals surface area contributed by atoms with Crippen LogP contribution >= 0.6 is 15.9 Å². The Balaban J connectivity index is 2.59. The van der Waals surface area contributed by atoms with Gasteiger partial charge in [-0.05, 0) is 40.2 Å². The maximum atomic E-state index is 11.0. The number of amides is 1. The van der Waals surface area contributed by atoms with Gasteiger partial charge in [0.1, 0.15) is 5.75 Å². The second-order valence-corrected chi connectivity index (χ2v) is 4.36. The lowest BCUT2D eigenvalue weighted by Crippen LogP contribution is -2.24. The highest BCUT2D eigenvalue weighted by molar-refractivity contribution is 9.10. The van der Waals surface area contributed by atoms with Gasteiger partial charge in [-0.3, -0.25) is 4.79 Å². The van der Waals surface area contributed by atoms with Crippen molar-refractivity contribution in [2.45, 2.75) is 13.5 Å². The average molecular weight is 301 g/mol. The number of nitrogens with one attached hydrogen (secondary N) is 2. The van der Waals surface area contributed by atoms with Crippen LogP contribution in [0.25, 0.3) is 0 Å². The minimum atomic E-state index is -0.145. The van der Waals surface area contributed by atoms with E-state index < -0.39 is 0 Å². The van der Waals surface area contributed by atoms with Crippen LogP contribution in [0.2, 0.25) is 0 Å². The highest BCUT2D eigenvalue weighted by Crippen LogP contribution is 2.25. The Labute approximate surface area is 110 Å². The Hall–Kier alpha value is -1.07. The third kappa shape index (κ3) is 4.75. The number of carbonyl (C=O) groups is 1. The minimum absolute atomic E-state index is 0.0294. The Morgan fingerprint density at radius 1 is 1.47 bits per heavy atom. The number of halogens is 1. The molecule has 4 nitrogen and oxygen atoms in total. The molecule has 0 aliphatic heterocycles. The van der Waals surface area contributed by atoms with Gasteiger partial charge in [-0.25, -0.2) is 0 Å². The lowest BCUT2D eigenvalue weighted by molar-refractivity contribution is -0.122. The van der Waals surface area contributed by atoms with Crippen LogP contribution in [0.3, 0.4) is 0 Å². The molecule has 1 aromatic carbocycles. The Morgan fingerprint density at radius 3 is 2.82 bits per heavy atom. The van der Waals surface area contributed by atoms with Gasteiger partial charge in [-0.15, -0.1) is 0 Å². The summed E-state index contributed by atoms with van der Waals surface area (Å²) in [6.07, 6.45) is 0. The quantitative estimate of drug-likeness (QED) is 0.840. The third-order valence-electron chi connectivity index (χ3n) is 2.21. The zero-order valence-corrected chi connectivity index (χ0v) is 11.6. The van der Waals surface area contributed by atoms with Crippen LogP contribution in [0.5, 0.6) is 5.75 Å². The molecule has 0 atom stereocenters. The summed E-state index contributed by atoms with van der Waals surface area (Å²) in [6.45, 7) is 3.86. The van der Waals surface area contributed by atoms with Crippen LogP contribution in [-0.2, 0) is 11.3 Å². The molecule has 5 heteroatoms. The number of ether oxygens (including phenoxy) is 1. The van der Waals surface area contributed by atoms with Crippen LogP contribution in [0.1, 0.15) is 12.5 Å². The van der Waals surface area contributed by atoms with Crippen LogP contribution < -0.4 is 15.4 Å². The first-order valence-electron chi connectivity index (χ1n) is 5.50. The molecule has 0 aromatic heterocycles. The first kappa shape index (κ1) is 14.0. The van der Waals surface area contributed by atoms with E-state index in [1.54, 1.807) is 7.05 Å². The molecular weight excluding hydrogens is 284 g/mol. The molecule has 2 N–H and O–H groups in total. The summed E-state index contributed by atoms with van der Waals surface area (Å²) in [7, 11) is 1.58. The second-order valence-electron chi connectivity index (χ2n) is 3.51. The van der Waals surface area contributed by atoms with Crippen LogP contribution in [0.15, 0.2) is 22.7 Å². The maximum absolute atomic E-state index is 11.0. The van der Waals surface area contributed by atoms with Crippen molar-refractivity contribution in [1.29, 1.82) is 0 Å². The second kappa shape index (κ2) is 7.29. The molecule has 1 rings (SSSR count). The van der Waals surface area contributed by atoms with Gasteiger partial charge in [0.25, 0.3) is 5.91 Å². The number of hydrogen-bond acceptors (Lipinski definition) is 3. The summed E-state index contributed by atoms with van der Waals surface area (Å²) in [4.78, 5) is 11.0. The monoisotopic (exact) mass is 300 g/mol. The number of benzene rings is 1. The Kier molecular flexibility index (Phi) is 6.00. The summed E-state index contributed by atoms with van der Waals surface area (Å²) < 4.78 is 6.23. The van der Waals surface area contributed by atoms with Crippen molar-refractivity contribution < 1.29 is 9.53 Å². The van der Waals surface area contributed by atoms with Gasteiger partial charge in [-0.2, -0.15) is 0 Å². The van der Waals surface area contributed by atoms with Crippen molar-refractivity contribution in [2.24, 2.45) is 0 Å². The number of hydrogen-bond donors (Lipinski definition) is 2. The lowest BCUT2D eigenvalue weighted by Gasteiger charge is -2.09. The number of rotatable bonds is 6. The zero-order valence-electron chi connectivity index (χ0n) is 10.0. The van der Waals surface area contributed by atoms with Crippen molar-refractivity contribution in [3.05, 3.63) is 28.2 Å². The molecule has 1 amide bonds. The number of likely N-dealkylation sites (N-methyl/N-ethyl adjacent to an activating group) is 1. The average Bonchev–Trinajstić information content (AvgIpc) is 2.34. The summed E-state index contributed by atoms with van der Waals surface area (Å²) in [5.41, 5.74) is 1.17. The van der Waals surface area contributed by atoms with Crippen molar-refractivity contribution in [3.8, 4) is 5.75 Å². The Morgan fingerprint density at radius 2 is 2.24 bits per heavy atom. The molecule has 0 saturated heterocycles. The molecule has 1 aromatic rings. The topological polar surface area (TPSA) is 50.4 Å². The van der Waals surface area contributed by atoms with E-state index in [0.29, 0.717) is 5.75 Å². The van der Waals surface area contributed by atoms with Crippen LogP contribution in [0.4, 0.5) is 0 Å². The molecule has 0 aliphatic rings. The minimum Gasteiger partial charge on any atom is -0.483 e. The molecule has 0 saturated carbocycles. The van der Waals surface area contributed by atoms with Crippen molar-refractivity contribution in [2.75, 3.05) is 20.2 Å². The fourth-order valence-electron chi connectivity index (χ4n) is 1.26. The van der Waals surface area contributed by atoms with Gasteiger partial charge in [0, 0.05) is 13.6 Å². The molecule has 0 unspecified atom stereocenters. The van der Waals surface area contributed by atoms with Crippen molar-refractivity contribution >= 4 is 21.8 Å². The van der Waals surface area contributed by atoms with Gasteiger partial charge < -0.3 is 15.4 Å². The maximum Gasteiger partial charge on any atom is 0.257 e. The summed E-state index contributed by atoms with van der Waals surface area (Å²) in [5, 5.41) is 5.75. The van der Waals surface area contributed by atoms with E-state index in [0.717, 1.165) is 17.6 Å². The molecule has 0 spiro atoms. The summed E-state index contributed by atoms with van der Waals surface area (Å²) >= 11 is 3.43. The fourth-order valence-corrected chi connectivity index (χ4v) is 1.80. The van der Waals surface area contributed by atoms with Crippen molar-refractivity contribution in [1.82, 2.24) is 10.6 Å². The third-order valence-corrected chi connectivity index (χ3v) is 2.83. The van der Waals surface area contributed by atoms with E-state index in [4.69, 9.17) is 4.74 Å². The van der Waals surface area contributed by atoms with E-state index in [-0.39, 0.29) is 12.5 Å². The first-order chi connectivity index (χ1) is 8.17. The standard InChI is InChI=1S/C12H17BrN2O2/c1-3-15-7-9-4-5-11(10(13)6-9)17-8-12(16)14-2/h4-6,15H,3,7-8H2,1-2H3,(H,14,16). The molecular formula is C12H17BrN2O2. The van der Waals surface area contributed by atoms with E-state index in [2.05, 4.69) is 33.5 Å². The van der Waals surface area contributed by atoms with Crippen LogP contribution in [0, 0.1) is 0 Å². The summed E-state index contributed by atoms with van der Waals surface area (Å²) in [6, 6.07) is 5.83. The normalized spacial score (nSPS) is 10.1. The molecule has 0 fully saturated rings. The number of carbonyl (C=O) groups excluding carboxylic acids is 1. The highest BCUT2D eigenvalue weighted by atomic mass is 79.9. The van der Waals surface area contributed by atoms with Gasteiger partial charge >= 0.3 is 0 Å². The first-order valence-corrected chi connectivity index (χ1v) is 6.29. The van der Waals surface area contributed by atoms with E-state index in [1.807, 2.05) is 18.2 Å². The summed E-state index contributed by atoms with van der Waals surface area (Å²) in [5.74, 6) is 0.530. The zero-order chi connectivity index (χ0) is 12.7.